The number of sulfonamides is 1. The standard InChI is InChI=1S/C19H21BrFN3O3S/c1-4-9-24-17-7-6-14(28(25,26)23(2)3)11-16(17)22-19(24)12-27-18-8-5-13(21)10-15(18)20/h5-8,10-11H,4,9,12H2,1-3H3. The molecule has 0 N–H and O–H groups in total. The predicted octanol–water partition coefficient (Wildman–Crippen LogP) is 4.18. The Labute approximate surface area is 172 Å². The number of rotatable bonds is 7. The molecule has 0 amide bonds. The Morgan fingerprint density at radius 1 is 1.21 bits per heavy atom. The van der Waals surface area contributed by atoms with Gasteiger partial charge in [-0.2, -0.15) is 0 Å². The van der Waals surface area contributed by atoms with Crippen LogP contribution in [0.5, 0.6) is 5.75 Å². The Hall–Kier alpha value is -1.97. The molecule has 1 aromatic heterocycles. The highest BCUT2D eigenvalue weighted by molar-refractivity contribution is 9.10. The zero-order valence-electron chi connectivity index (χ0n) is 15.8. The number of hydrogen-bond donors (Lipinski definition) is 0. The van der Waals surface area contributed by atoms with Crippen LogP contribution in [-0.2, 0) is 23.2 Å². The van der Waals surface area contributed by atoms with Gasteiger partial charge < -0.3 is 9.30 Å². The highest BCUT2D eigenvalue weighted by atomic mass is 79.9. The third-order valence-electron chi connectivity index (χ3n) is 4.28. The molecule has 0 aliphatic rings. The monoisotopic (exact) mass is 469 g/mol. The van der Waals surface area contributed by atoms with Gasteiger partial charge in [-0.3, -0.25) is 0 Å². The molecule has 0 unspecified atom stereocenters. The number of aromatic nitrogens is 2. The van der Waals surface area contributed by atoms with Crippen LogP contribution in [0.3, 0.4) is 0 Å². The van der Waals surface area contributed by atoms with E-state index in [4.69, 9.17) is 4.74 Å². The van der Waals surface area contributed by atoms with Gasteiger partial charge in [-0.15, -0.1) is 0 Å². The van der Waals surface area contributed by atoms with Gasteiger partial charge in [-0.25, -0.2) is 22.1 Å². The molecular formula is C19H21BrFN3O3S. The largest absolute Gasteiger partial charge is 0.484 e. The average Bonchev–Trinajstić information content (AvgIpc) is 2.98. The summed E-state index contributed by atoms with van der Waals surface area (Å²) in [6.45, 7) is 2.95. The first-order chi connectivity index (χ1) is 13.2. The Bertz CT molecular complexity index is 1110. The molecule has 1 heterocycles. The zero-order valence-corrected chi connectivity index (χ0v) is 18.2. The summed E-state index contributed by atoms with van der Waals surface area (Å²) in [5, 5.41) is 0. The van der Waals surface area contributed by atoms with Crippen LogP contribution in [0.1, 0.15) is 19.2 Å². The molecule has 150 valence electrons. The van der Waals surface area contributed by atoms with Gasteiger partial charge in [-0.05, 0) is 58.7 Å². The van der Waals surface area contributed by atoms with Crippen molar-refractivity contribution in [2.24, 2.45) is 0 Å². The number of imidazole rings is 1. The maximum atomic E-state index is 13.3. The molecule has 0 bridgehead atoms. The van der Waals surface area contributed by atoms with Gasteiger partial charge in [0.2, 0.25) is 10.0 Å². The van der Waals surface area contributed by atoms with E-state index < -0.39 is 10.0 Å². The molecule has 9 heteroatoms. The SMILES string of the molecule is CCCn1c(COc2ccc(F)cc2Br)nc2cc(S(=O)(=O)N(C)C)ccc21. The molecule has 0 fully saturated rings. The van der Waals surface area contributed by atoms with Crippen molar-refractivity contribution in [1.82, 2.24) is 13.9 Å². The minimum Gasteiger partial charge on any atom is -0.484 e. The molecule has 0 saturated heterocycles. The fraction of sp³-hybridized carbons (Fsp3) is 0.316. The molecule has 2 aromatic carbocycles. The van der Waals surface area contributed by atoms with Crippen molar-refractivity contribution in [3.63, 3.8) is 0 Å². The summed E-state index contributed by atoms with van der Waals surface area (Å²) in [6.07, 6.45) is 0.885. The van der Waals surface area contributed by atoms with E-state index >= 15 is 0 Å². The van der Waals surface area contributed by atoms with Crippen molar-refractivity contribution in [2.75, 3.05) is 14.1 Å². The maximum Gasteiger partial charge on any atom is 0.242 e. The topological polar surface area (TPSA) is 64.4 Å². The van der Waals surface area contributed by atoms with E-state index in [2.05, 4.69) is 27.8 Å². The van der Waals surface area contributed by atoms with E-state index in [0.29, 0.717) is 21.6 Å². The molecule has 0 saturated carbocycles. The van der Waals surface area contributed by atoms with E-state index in [1.807, 2.05) is 4.57 Å². The number of ether oxygens (including phenoxy) is 1. The second-order valence-corrected chi connectivity index (χ2v) is 9.49. The van der Waals surface area contributed by atoms with Crippen LogP contribution in [0.15, 0.2) is 45.8 Å². The molecule has 6 nitrogen and oxygen atoms in total. The number of fused-ring (bicyclic) bond motifs is 1. The Balaban J connectivity index is 1.98. The summed E-state index contributed by atoms with van der Waals surface area (Å²) >= 11 is 3.29. The van der Waals surface area contributed by atoms with Crippen LogP contribution >= 0.6 is 15.9 Å². The number of aryl methyl sites for hydroxylation is 1. The first kappa shape index (κ1) is 20.8. The third kappa shape index (κ3) is 4.06. The first-order valence-corrected chi connectivity index (χ1v) is 11.0. The second-order valence-electron chi connectivity index (χ2n) is 6.48. The van der Waals surface area contributed by atoms with Gasteiger partial charge >= 0.3 is 0 Å². The van der Waals surface area contributed by atoms with Crippen molar-refractivity contribution in [3.05, 3.63) is 52.5 Å². The van der Waals surface area contributed by atoms with E-state index in [1.165, 1.54) is 30.5 Å². The molecular weight excluding hydrogens is 449 g/mol. The van der Waals surface area contributed by atoms with Gasteiger partial charge in [0.25, 0.3) is 0 Å². The van der Waals surface area contributed by atoms with Gasteiger partial charge in [0.1, 0.15) is 24.0 Å². The molecule has 0 radical (unpaired) electrons. The van der Waals surface area contributed by atoms with Crippen molar-refractivity contribution in [2.45, 2.75) is 31.4 Å². The molecule has 0 aliphatic carbocycles. The smallest absolute Gasteiger partial charge is 0.242 e. The fourth-order valence-corrected chi connectivity index (χ4v) is 4.24. The predicted molar refractivity (Wildman–Crippen MR) is 109 cm³/mol. The molecule has 0 spiro atoms. The lowest BCUT2D eigenvalue weighted by atomic mass is 10.3. The average molecular weight is 470 g/mol. The van der Waals surface area contributed by atoms with E-state index in [1.54, 1.807) is 24.3 Å². The van der Waals surface area contributed by atoms with Crippen LogP contribution in [0.25, 0.3) is 11.0 Å². The van der Waals surface area contributed by atoms with Crippen LogP contribution in [0.4, 0.5) is 4.39 Å². The van der Waals surface area contributed by atoms with E-state index in [9.17, 15) is 12.8 Å². The van der Waals surface area contributed by atoms with Crippen molar-refractivity contribution in [3.8, 4) is 5.75 Å². The van der Waals surface area contributed by atoms with Gasteiger partial charge in [-0.1, -0.05) is 6.92 Å². The highest BCUT2D eigenvalue weighted by Crippen LogP contribution is 2.27. The number of hydrogen-bond acceptors (Lipinski definition) is 4. The second kappa shape index (κ2) is 8.18. The minimum atomic E-state index is -3.54. The fourth-order valence-electron chi connectivity index (χ4n) is 2.85. The minimum absolute atomic E-state index is 0.175. The molecule has 0 aliphatic heterocycles. The molecule has 28 heavy (non-hydrogen) atoms. The van der Waals surface area contributed by atoms with Crippen LogP contribution in [0.2, 0.25) is 0 Å². The number of nitrogens with zero attached hydrogens (tertiary/aromatic N) is 3. The summed E-state index contributed by atoms with van der Waals surface area (Å²) < 4.78 is 47.6. The summed E-state index contributed by atoms with van der Waals surface area (Å²) in [5.41, 5.74) is 1.43. The lowest BCUT2D eigenvalue weighted by Crippen LogP contribution is -2.22. The first-order valence-electron chi connectivity index (χ1n) is 8.73. The van der Waals surface area contributed by atoms with E-state index in [0.717, 1.165) is 18.5 Å². The lowest BCUT2D eigenvalue weighted by Gasteiger charge is -2.12. The summed E-state index contributed by atoms with van der Waals surface area (Å²) in [5.74, 6) is 0.826. The molecule has 3 aromatic rings. The maximum absolute atomic E-state index is 13.3. The quantitative estimate of drug-likeness (QED) is 0.520. The summed E-state index contributed by atoms with van der Waals surface area (Å²) in [6, 6.07) is 9.15. The van der Waals surface area contributed by atoms with Crippen molar-refractivity contribution in [1.29, 1.82) is 0 Å². The van der Waals surface area contributed by atoms with Crippen LogP contribution < -0.4 is 4.74 Å². The van der Waals surface area contributed by atoms with Crippen molar-refractivity contribution < 1.29 is 17.5 Å². The number of halogens is 2. The summed E-state index contributed by atoms with van der Waals surface area (Å²) in [4.78, 5) is 4.79. The van der Waals surface area contributed by atoms with E-state index in [-0.39, 0.29) is 17.3 Å². The highest BCUT2D eigenvalue weighted by Gasteiger charge is 2.20. The third-order valence-corrected chi connectivity index (χ3v) is 6.71. The lowest BCUT2D eigenvalue weighted by molar-refractivity contribution is 0.287. The Kier molecular flexibility index (Phi) is 6.07. The number of benzene rings is 2. The van der Waals surface area contributed by atoms with Crippen LogP contribution in [-0.4, -0.2) is 36.4 Å². The summed E-state index contributed by atoms with van der Waals surface area (Å²) in [7, 11) is -0.548. The molecule has 3 rings (SSSR count). The van der Waals surface area contributed by atoms with Gasteiger partial charge in [0.05, 0.1) is 20.4 Å². The Morgan fingerprint density at radius 2 is 1.96 bits per heavy atom. The van der Waals surface area contributed by atoms with Crippen LogP contribution in [0, 0.1) is 5.82 Å². The Morgan fingerprint density at radius 3 is 2.61 bits per heavy atom. The normalized spacial score (nSPS) is 12.1. The molecule has 0 atom stereocenters. The van der Waals surface area contributed by atoms with Crippen molar-refractivity contribution >= 4 is 37.0 Å². The zero-order chi connectivity index (χ0) is 20.5. The van der Waals surface area contributed by atoms with Gasteiger partial charge in [0, 0.05) is 20.6 Å². The van der Waals surface area contributed by atoms with Gasteiger partial charge in [0.15, 0.2) is 0 Å².